The van der Waals surface area contributed by atoms with Gasteiger partial charge in [0.25, 0.3) is 0 Å². The lowest BCUT2D eigenvalue weighted by Gasteiger charge is -2.37. The summed E-state index contributed by atoms with van der Waals surface area (Å²) in [5, 5.41) is 3.34. The molecule has 0 aromatic carbocycles. The minimum Gasteiger partial charge on any atom is -0.340 e. The number of aldehydes is 1. The maximum atomic E-state index is 12.3. The predicted octanol–water partition coefficient (Wildman–Crippen LogP) is 1.84. The number of nitrogens with zero attached hydrogens (tertiary/aromatic N) is 2. The van der Waals surface area contributed by atoms with Gasteiger partial charge in [-0.05, 0) is 25.8 Å². The van der Waals surface area contributed by atoms with Crippen LogP contribution in [-0.2, 0) is 9.59 Å². The largest absolute Gasteiger partial charge is 0.340 e. The van der Waals surface area contributed by atoms with E-state index in [1.165, 1.54) is 0 Å². The lowest BCUT2D eigenvalue weighted by Crippen LogP contribution is -2.46. The molecule has 2 aliphatic rings. The Balaban J connectivity index is 1.91. The van der Waals surface area contributed by atoms with Gasteiger partial charge in [-0.1, -0.05) is 32.1 Å². The minimum atomic E-state index is 0.0182. The number of amides is 1. The number of allylic oxidation sites excluding steroid dienone is 2. The summed E-state index contributed by atoms with van der Waals surface area (Å²) in [5.41, 5.74) is 1.46. The standard InChI is InChI=1S/C18H27N3O2/c1-3-4-7-17(14-22)21-12-11-20(13-15(21)2)18(23)9-8-16-6-5-10-19-16/h7-9,14,16,19H,2-6,10-13H2,1H3/b9-8+,17-7-. The zero-order valence-corrected chi connectivity index (χ0v) is 14.0. The summed E-state index contributed by atoms with van der Waals surface area (Å²) in [7, 11) is 0. The lowest BCUT2D eigenvalue weighted by atomic mass is 10.2. The van der Waals surface area contributed by atoms with Gasteiger partial charge in [0.1, 0.15) is 0 Å². The van der Waals surface area contributed by atoms with E-state index >= 15 is 0 Å². The van der Waals surface area contributed by atoms with Crippen LogP contribution in [0.3, 0.4) is 0 Å². The first kappa shape index (κ1) is 17.5. The van der Waals surface area contributed by atoms with Crippen LogP contribution in [0.5, 0.6) is 0 Å². The van der Waals surface area contributed by atoms with Crippen molar-refractivity contribution in [1.29, 1.82) is 0 Å². The highest BCUT2D eigenvalue weighted by Gasteiger charge is 2.24. The highest BCUT2D eigenvalue weighted by atomic mass is 16.2. The molecule has 2 fully saturated rings. The van der Waals surface area contributed by atoms with E-state index in [1.54, 1.807) is 11.0 Å². The molecule has 5 nitrogen and oxygen atoms in total. The molecule has 2 aliphatic heterocycles. The number of carbonyl (C=O) groups is 2. The molecule has 5 heteroatoms. The van der Waals surface area contributed by atoms with E-state index in [0.29, 0.717) is 31.4 Å². The average molecular weight is 317 g/mol. The normalized spacial score (nSPS) is 22.9. The maximum absolute atomic E-state index is 12.3. The molecule has 1 atom stereocenters. The van der Waals surface area contributed by atoms with Crippen LogP contribution >= 0.6 is 0 Å². The van der Waals surface area contributed by atoms with Gasteiger partial charge in [0, 0.05) is 30.9 Å². The number of rotatable bonds is 6. The van der Waals surface area contributed by atoms with Crippen molar-refractivity contribution >= 4 is 12.2 Å². The van der Waals surface area contributed by atoms with Gasteiger partial charge in [0.15, 0.2) is 6.29 Å². The molecule has 0 aliphatic carbocycles. The molecule has 0 saturated carbocycles. The number of carbonyl (C=O) groups excluding carboxylic acids is 2. The quantitative estimate of drug-likeness (QED) is 0.600. The zero-order valence-electron chi connectivity index (χ0n) is 14.0. The van der Waals surface area contributed by atoms with E-state index in [0.717, 1.165) is 44.2 Å². The van der Waals surface area contributed by atoms with E-state index in [2.05, 4.69) is 18.8 Å². The molecular weight excluding hydrogens is 290 g/mol. The summed E-state index contributed by atoms with van der Waals surface area (Å²) in [6, 6.07) is 0.321. The number of unbranched alkanes of at least 4 members (excludes halogenated alkanes) is 1. The smallest absolute Gasteiger partial charge is 0.246 e. The third-order valence-corrected chi connectivity index (χ3v) is 4.30. The van der Waals surface area contributed by atoms with Gasteiger partial charge in [-0.2, -0.15) is 0 Å². The van der Waals surface area contributed by atoms with Crippen LogP contribution < -0.4 is 5.32 Å². The fourth-order valence-electron chi connectivity index (χ4n) is 2.96. The van der Waals surface area contributed by atoms with Crippen LogP contribution in [0, 0.1) is 0 Å². The first-order chi connectivity index (χ1) is 11.2. The second kappa shape index (κ2) is 8.67. The van der Waals surface area contributed by atoms with Crippen molar-refractivity contribution in [1.82, 2.24) is 15.1 Å². The monoisotopic (exact) mass is 317 g/mol. The molecule has 1 N–H and O–H groups in total. The van der Waals surface area contributed by atoms with Crippen molar-refractivity contribution in [3.05, 3.63) is 36.2 Å². The van der Waals surface area contributed by atoms with Gasteiger partial charge in [-0.15, -0.1) is 0 Å². The molecule has 2 saturated heterocycles. The summed E-state index contributed by atoms with van der Waals surface area (Å²) in [6.07, 6.45) is 10.6. The Hall–Kier alpha value is -1.88. The molecule has 2 rings (SSSR count). The Kier molecular flexibility index (Phi) is 6.59. The van der Waals surface area contributed by atoms with Crippen molar-refractivity contribution in [3.63, 3.8) is 0 Å². The Bertz CT molecular complexity index is 504. The van der Waals surface area contributed by atoms with E-state index in [1.807, 2.05) is 17.1 Å². The Labute approximate surface area is 138 Å². The third-order valence-electron chi connectivity index (χ3n) is 4.30. The molecule has 2 heterocycles. The molecule has 0 aromatic heterocycles. The maximum Gasteiger partial charge on any atom is 0.246 e. The first-order valence-corrected chi connectivity index (χ1v) is 8.46. The molecular formula is C18H27N3O2. The Morgan fingerprint density at radius 3 is 2.87 bits per heavy atom. The van der Waals surface area contributed by atoms with Crippen molar-refractivity contribution in [2.45, 2.75) is 38.6 Å². The van der Waals surface area contributed by atoms with Gasteiger partial charge in [-0.25, -0.2) is 0 Å². The number of piperazine rings is 1. The van der Waals surface area contributed by atoms with E-state index < -0.39 is 0 Å². The van der Waals surface area contributed by atoms with Crippen molar-refractivity contribution in [2.75, 3.05) is 26.2 Å². The fourth-order valence-corrected chi connectivity index (χ4v) is 2.96. The first-order valence-electron chi connectivity index (χ1n) is 8.46. The van der Waals surface area contributed by atoms with E-state index in [-0.39, 0.29) is 5.91 Å². The molecule has 23 heavy (non-hydrogen) atoms. The minimum absolute atomic E-state index is 0.0182. The summed E-state index contributed by atoms with van der Waals surface area (Å²) >= 11 is 0. The summed E-state index contributed by atoms with van der Waals surface area (Å²) in [6.45, 7) is 8.84. The zero-order chi connectivity index (χ0) is 16.7. The van der Waals surface area contributed by atoms with Crippen molar-refractivity contribution in [2.24, 2.45) is 0 Å². The van der Waals surface area contributed by atoms with Gasteiger partial charge >= 0.3 is 0 Å². The lowest BCUT2D eigenvalue weighted by molar-refractivity contribution is -0.126. The molecule has 1 amide bonds. The molecule has 126 valence electrons. The van der Waals surface area contributed by atoms with Crippen molar-refractivity contribution < 1.29 is 9.59 Å². The molecule has 1 unspecified atom stereocenters. The van der Waals surface area contributed by atoms with Gasteiger partial charge in [0.2, 0.25) is 5.91 Å². The van der Waals surface area contributed by atoms with Crippen LogP contribution in [0.1, 0.15) is 32.6 Å². The topological polar surface area (TPSA) is 52.7 Å². The highest BCUT2D eigenvalue weighted by molar-refractivity contribution is 5.88. The molecule has 0 spiro atoms. The summed E-state index contributed by atoms with van der Waals surface area (Å²) in [5.74, 6) is 0.0182. The summed E-state index contributed by atoms with van der Waals surface area (Å²) in [4.78, 5) is 27.3. The van der Waals surface area contributed by atoms with Crippen LogP contribution in [-0.4, -0.2) is 54.2 Å². The molecule has 0 aromatic rings. The predicted molar refractivity (Wildman–Crippen MR) is 91.6 cm³/mol. The van der Waals surface area contributed by atoms with Crippen LogP contribution in [0.25, 0.3) is 0 Å². The average Bonchev–Trinajstić information content (AvgIpc) is 3.07. The Morgan fingerprint density at radius 2 is 2.26 bits per heavy atom. The van der Waals surface area contributed by atoms with Gasteiger partial charge < -0.3 is 15.1 Å². The third kappa shape index (κ3) is 4.79. The van der Waals surface area contributed by atoms with E-state index in [9.17, 15) is 9.59 Å². The fraction of sp³-hybridized carbons (Fsp3) is 0.556. The molecule has 0 bridgehead atoms. The Morgan fingerprint density at radius 1 is 1.43 bits per heavy atom. The SMILES string of the molecule is C=C1CN(C(=O)/C=C/C2CCCN2)CCN1/C(C=O)=C\CCC. The summed E-state index contributed by atoms with van der Waals surface area (Å²) < 4.78 is 0. The van der Waals surface area contributed by atoms with Crippen LogP contribution in [0.2, 0.25) is 0 Å². The van der Waals surface area contributed by atoms with Crippen LogP contribution in [0.15, 0.2) is 36.2 Å². The van der Waals surface area contributed by atoms with Gasteiger partial charge in [-0.3, -0.25) is 9.59 Å². The highest BCUT2D eigenvalue weighted by Crippen LogP contribution is 2.18. The van der Waals surface area contributed by atoms with Gasteiger partial charge in [0.05, 0.1) is 12.2 Å². The number of hydrogen-bond acceptors (Lipinski definition) is 4. The molecule has 0 radical (unpaired) electrons. The second-order valence-corrected chi connectivity index (χ2v) is 6.08. The van der Waals surface area contributed by atoms with E-state index in [4.69, 9.17) is 0 Å². The van der Waals surface area contributed by atoms with Crippen LogP contribution in [0.4, 0.5) is 0 Å². The van der Waals surface area contributed by atoms with Crippen molar-refractivity contribution in [3.8, 4) is 0 Å². The number of hydrogen-bond donors (Lipinski definition) is 1. The second-order valence-electron chi connectivity index (χ2n) is 6.08. The number of nitrogens with one attached hydrogen (secondary N) is 1.